The van der Waals surface area contributed by atoms with E-state index in [-0.39, 0.29) is 18.0 Å². The minimum atomic E-state index is -0.657. The molecule has 0 radical (unpaired) electrons. The van der Waals surface area contributed by atoms with Gasteiger partial charge in [0.05, 0.1) is 18.8 Å². The van der Waals surface area contributed by atoms with Crippen molar-refractivity contribution >= 4 is 5.71 Å². The summed E-state index contributed by atoms with van der Waals surface area (Å²) in [5.41, 5.74) is 0.898. The molecule has 0 aliphatic rings. The van der Waals surface area contributed by atoms with Crippen LogP contribution in [0, 0.1) is 0 Å². The Morgan fingerprint density at radius 3 is 2.19 bits per heavy atom. The van der Waals surface area contributed by atoms with Gasteiger partial charge in [-0.2, -0.15) is 0 Å². The van der Waals surface area contributed by atoms with Crippen LogP contribution in [-0.4, -0.2) is 20.4 Å². The van der Waals surface area contributed by atoms with Crippen molar-refractivity contribution in [3.8, 4) is 5.88 Å². The number of rotatable bonds is 5. The van der Waals surface area contributed by atoms with Crippen molar-refractivity contribution in [2.24, 2.45) is 4.99 Å². The van der Waals surface area contributed by atoms with Crippen molar-refractivity contribution in [1.82, 2.24) is 9.55 Å². The maximum Gasteiger partial charge on any atom is 0.331 e. The van der Waals surface area contributed by atoms with Gasteiger partial charge in [0.25, 0.3) is 5.56 Å². The third-order valence-corrected chi connectivity index (χ3v) is 4.06. The summed E-state index contributed by atoms with van der Waals surface area (Å²) in [5.74, 6) is -0.378. The summed E-state index contributed by atoms with van der Waals surface area (Å²) in [5, 5.41) is 10.5. The number of H-pyrrole nitrogens is 1. The third kappa shape index (κ3) is 3.80. The van der Waals surface area contributed by atoms with Crippen LogP contribution in [0.15, 0.2) is 75.2 Å². The minimum absolute atomic E-state index is 0.0106. The zero-order valence-corrected chi connectivity index (χ0v) is 14.3. The van der Waals surface area contributed by atoms with E-state index < -0.39 is 11.2 Å². The number of aromatic nitrogens is 2. The Morgan fingerprint density at radius 1 is 1.00 bits per heavy atom. The molecule has 132 valence electrons. The molecule has 0 spiro atoms. The largest absolute Gasteiger partial charge is 0.494 e. The number of benzene rings is 2. The van der Waals surface area contributed by atoms with E-state index in [1.165, 1.54) is 0 Å². The summed E-state index contributed by atoms with van der Waals surface area (Å²) in [6.07, 6.45) is 0. The lowest BCUT2D eigenvalue weighted by Gasteiger charge is -2.11. The van der Waals surface area contributed by atoms with Crippen molar-refractivity contribution in [3.05, 3.63) is 98.2 Å². The lowest BCUT2D eigenvalue weighted by atomic mass is 10.2. The number of hydrogen-bond donors (Lipinski definition) is 2. The molecule has 0 unspecified atom stereocenters. The molecule has 0 saturated carbocycles. The first-order valence-electron chi connectivity index (χ1n) is 8.21. The van der Waals surface area contributed by atoms with Gasteiger partial charge in [0.15, 0.2) is 0 Å². The smallest absolute Gasteiger partial charge is 0.331 e. The van der Waals surface area contributed by atoms with Crippen LogP contribution in [-0.2, 0) is 13.1 Å². The second-order valence-corrected chi connectivity index (χ2v) is 5.92. The van der Waals surface area contributed by atoms with Gasteiger partial charge in [0, 0.05) is 0 Å². The van der Waals surface area contributed by atoms with Gasteiger partial charge < -0.3 is 5.11 Å². The number of nitrogens with zero attached hydrogens (tertiary/aromatic N) is 2. The summed E-state index contributed by atoms with van der Waals surface area (Å²) in [7, 11) is 0. The van der Waals surface area contributed by atoms with E-state index in [1.807, 2.05) is 60.7 Å². The SMILES string of the molecule is CC(=NCc1ccccc1)c1c(O)n(Cc2ccccc2)c(=O)[nH]c1=O. The van der Waals surface area contributed by atoms with Crippen LogP contribution in [0.4, 0.5) is 0 Å². The van der Waals surface area contributed by atoms with E-state index in [0.717, 1.165) is 15.7 Å². The molecule has 26 heavy (non-hydrogen) atoms. The van der Waals surface area contributed by atoms with Gasteiger partial charge in [-0.15, -0.1) is 0 Å². The Kier molecular flexibility index (Phi) is 5.12. The first-order chi connectivity index (χ1) is 12.6. The quantitative estimate of drug-likeness (QED) is 0.693. The lowest BCUT2D eigenvalue weighted by molar-refractivity contribution is 0.408. The Labute approximate surface area is 150 Å². The Morgan fingerprint density at radius 2 is 1.58 bits per heavy atom. The normalized spacial score (nSPS) is 11.5. The van der Waals surface area contributed by atoms with Crippen LogP contribution in [0.5, 0.6) is 5.88 Å². The highest BCUT2D eigenvalue weighted by Crippen LogP contribution is 2.14. The molecule has 3 aromatic rings. The van der Waals surface area contributed by atoms with Gasteiger partial charge in [0.2, 0.25) is 5.88 Å². The summed E-state index contributed by atoms with van der Waals surface area (Å²) in [6, 6.07) is 18.8. The maximum atomic E-state index is 12.2. The van der Waals surface area contributed by atoms with E-state index in [9.17, 15) is 14.7 Å². The number of nitrogens with one attached hydrogen (secondary N) is 1. The average molecular weight is 349 g/mol. The molecule has 0 bridgehead atoms. The van der Waals surface area contributed by atoms with Gasteiger partial charge in [-0.25, -0.2) is 4.79 Å². The Bertz CT molecular complexity index is 1040. The van der Waals surface area contributed by atoms with E-state index in [4.69, 9.17) is 0 Å². The topological polar surface area (TPSA) is 87.4 Å². The summed E-state index contributed by atoms with van der Waals surface area (Å²) < 4.78 is 1.13. The van der Waals surface area contributed by atoms with Crippen LogP contribution in [0.25, 0.3) is 0 Å². The molecule has 6 heteroatoms. The first-order valence-corrected chi connectivity index (χ1v) is 8.21. The number of aliphatic imine (C=N–C) groups is 1. The first kappa shape index (κ1) is 17.4. The van der Waals surface area contributed by atoms with Gasteiger partial charge in [-0.1, -0.05) is 60.7 Å². The molecule has 0 atom stereocenters. The van der Waals surface area contributed by atoms with E-state index in [0.29, 0.717) is 12.3 Å². The van der Waals surface area contributed by atoms with Gasteiger partial charge >= 0.3 is 5.69 Å². The second kappa shape index (κ2) is 7.65. The van der Waals surface area contributed by atoms with Crippen molar-refractivity contribution in [1.29, 1.82) is 0 Å². The predicted molar refractivity (Wildman–Crippen MR) is 101 cm³/mol. The summed E-state index contributed by atoms with van der Waals surface area (Å²) in [6.45, 7) is 2.18. The van der Waals surface area contributed by atoms with Crippen LogP contribution >= 0.6 is 0 Å². The van der Waals surface area contributed by atoms with E-state index in [2.05, 4.69) is 9.98 Å². The standard InChI is InChI=1S/C20H19N3O3/c1-14(21-12-15-8-4-2-5-9-15)17-18(24)22-20(26)23(19(17)25)13-16-10-6-3-7-11-16/h2-11,25H,12-13H2,1H3,(H,22,24,26). The number of aromatic amines is 1. The molecule has 1 heterocycles. The molecule has 6 nitrogen and oxygen atoms in total. The van der Waals surface area contributed by atoms with Crippen molar-refractivity contribution in [2.75, 3.05) is 0 Å². The van der Waals surface area contributed by atoms with Crippen LogP contribution in [0.3, 0.4) is 0 Å². The van der Waals surface area contributed by atoms with Gasteiger partial charge in [0.1, 0.15) is 5.56 Å². The van der Waals surface area contributed by atoms with Crippen molar-refractivity contribution in [2.45, 2.75) is 20.0 Å². The third-order valence-electron chi connectivity index (χ3n) is 4.06. The van der Waals surface area contributed by atoms with Gasteiger partial charge in [-0.05, 0) is 18.1 Å². The molecule has 0 aliphatic carbocycles. The van der Waals surface area contributed by atoms with Crippen molar-refractivity contribution in [3.63, 3.8) is 0 Å². The van der Waals surface area contributed by atoms with E-state index >= 15 is 0 Å². The fraction of sp³-hybridized carbons (Fsp3) is 0.150. The zero-order valence-electron chi connectivity index (χ0n) is 14.3. The molecular formula is C20H19N3O3. The monoisotopic (exact) mass is 349 g/mol. The van der Waals surface area contributed by atoms with Crippen LogP contribution in [0.1, 0.15) is 23.6 Å². The number of hydrogen-bond acceptors (Lipinski definition) is 4. The molecule has 0 amide bonds. The molecule has 2 aromatic carbocycles. The number of aromatic hydroxyl groups is 1. The minimum Gasteiger partial charge on any atom is -0.494 e. The maximum absolute atomic E-state index is 12.2. The van der Waals surface area contributed by atoms with Crippen molar-refractivity contribution < 1.29 is 5.11 Å². The fourth-order valence-corrected chi connectivity index (χ4v) is 2.67. The van der Waals surface area contributed by atoms with Crippen LogP contribution < -0.4 is 11.2 Å². The van der Waals surface area contributed by atoms with Crippen LogP contribution in [0.2, 0.25) is 0 Å². The molecule has 0 saturated heterocycles. The molecule has 0 aliphatic heterocycles. The zero-order chi connectivity index (χ0) is 18.5. The molecule has 0 fully saturated rings. The van der Waals surface area contributed by atoms with E-state index in [1.54, 1.807) is 6.92 Å². The summed E-state index contributed by atoms with van der Waals surface area (Å²) >= 11 is 0. The fourth-order valence-electron chi connectivity index (χ4n) is 2.67. The molecule has 2 N–H and O–H groups in total. The second-order valence-electron chi connectivity index (χ2n) is 5.92. The highest BCUT2D eigenvalue weighted by Gasteiger charge is 2.16. The summed E-state index contributed by atoms with van der Waals surface area (Å²) in [4.78, 5) is 31.0. The molecule has 1 aromatic heterocycles. The molecule has 3 rings (SSSR count). The van der Waals surface area contributed by atoms with Gasteiger partial charge in [-0.3, -0.25) is 19.3 Å². The predicted octanol–water partition coefficient (Wildman–Crippen LogP) is 2.30. The molecular weight excluding hydrogens is 330 g/mol. The highest BCUT2D eigenvalue weighted by atomic mass is 16.3. The highest BCUT2D eigenvalue weighted by molar-refractivity contribution is 6.00. The lowest BCUT2D eigenvalue weighted by Crippen LogP contribution is -2.33. The Balaban J connectivity index is 1.98. The Hall–Kier alpha value is -3.41. The average Bonchev–Trinajstić information content (AvgIpc) is 2.65.